The molecule has 0 saturated carbocycles. The van der Waals surface area contributed by atoms with Crippen LogP contribution in [0.5, 0.6) is 5.75 Å². The van der Waals surface area contributed by atoms with E-state index in [0.29, 0.717) is 18.0 Å². The molecule has 1 N–H and O–H groups in total. The number of benzene rings is 1. The van der Waals surface area contributed by atoms with E-state index < -0.39 is 0 Å². The average molecular weight is 380 g/mol. The van der Waals surface area contributed by atoms with Crippen LogP contribution in [0.15, 0.2) is 29.0 Å². The van der Waals surface area contributed by atoms with Crippen molar-refractivity contribution in [1.29, 1.82) is 0 Å². The molecule has 1 aliphatic rings. The van der Waals surface area contributed by atoms with Gasteiger partial charge < -0.3 is 19.5 Å². The van der Waals surface area contributed by atoms with Gasteiger partial charge in [-0.05, 0) is 40.9 Å². The summed E-state index contributed by atoms with van der Waals surface area (Å²) in [6.45, 7) is 0.705. The molecule has 1 aromatic carbocycles. The maximum Gasteiger partial charge on any atom is 0.322 e. The molecule has 1 aromatic heterocycles. The number of hydrogen-bond donors (Lipinski definition) is 1. The highest BCUT2D eigenvalue weighted by molar-refractivity contribution is 9.10. The monoisotopic (exact) mass is 379 g/mol. The summed E-state index contributed by atoms with van der Waals surface area (Å²) in [5.74, 6) is 1.49. The third kappa shape index (κ3) is 3.17. The summed E-state index contributed by atoms with van der Waals surface area (Å²) >= 11 is 3.40. The summed E-state index contributed by atoms with van der Waals surface area (Å²) in [7, 11) is 3.49. The van der Waals surface area contributed by atoms with E-state index in [1.165, 1.54) is 0 Å². The lowest BCUT2D eigenvalue weighted by molar-refractivity contribution is 0.204. The van der Waals surface area contributed by atoms with Crippen molar-refractivity contribution in [2.75, 3.05) is 19.0 Å². The van der Waals surface area contributed by atoms with Crippen LogP contribution in [0.25, 0.3) is 0 Å². The SMILES string of the molecule is COc1cc(NC(=O)N2CCCC2c2nncn2C)ccc1Br. The molecule has 3 rings (SSSR count). The van der Waals surface area contributed by atoms with Gasteiger partial charge in [-0.15, -0.1) is 10.2 Å². The van der Waals surface area contributed by atoms with Crippen LogP contribution in [0, 0.1) is 0 Å². The topological polar surface area (TPSA) is 72.3 Å². The lowest BCUT2D eigenvalue weighted by Crippen LogP contribution is -2.35. The molecule has 122 valence electrons. The first-order chi connectivity index (χ1) is 11.1. The number of ether oxygens (including phenoxy) is 1. The Labute approximate surface area is 142 Å². The Balaban J connectivity index is 1.76. The largest absolute Gasteiger partial charge is 0.495 e. The third-order valence-corrected chi connectivity index (χ3v) is 4.62. The van der Waals surface area contributed by atoms with Crippen molar-refractivity contribution in [2.45, 2.75) is 18.9 Å². The molecule has 8 heteroatoms. The van der Waals surface area contributed by atoms with E-state index in [0.717, 1.165) is 23.1 Å². The van der Waals surface area contributed by atoms with Crippen LogP contribution in [-0.2, 0) is 7.05 Å². The molecule has 0 radical (unpaired) electrons. The van der Waals surface area contributed by atoms with Crippen molar-refractivity contribution >= 4 is 27.6 Å². The molecule has 0 aliphatic carbocycles. The number of amides is 2. The third-order valence-electron chi connectivity index (χ3n) is 3.96. The quantitative estimate of drug-likeness (QED) is 0.889. The molecule has 1 unspecified atom stereocenters. The molecular formula is C15H18BrN5O2. The molecule has 0 spiro atoms. The van der Waals surface area contributed by atoms with Gasteiger partial charge in [0.25, 0.3) is 0 Å². The molecule has 0 bridgehead atoms. The minimum atomic E-state index is -0.139. The Morgan fingerprint density at radius 1 is 1.48 bits per heavy atom. The first-order valence-corrected chi connectivity index (χ1v) is 8.14. The molecule has 1 saturated heterocycles. The number of urea groups is 1. The number of nitrogens with one attached hydrogen (secondary N) is 1. The number of aromatic nitrogens is 3. The maximum absolute atomic E-state index is 12.6. The molecule has 2 aromatic rings. The minimum absolute atomic E-state index is 0.0418. The lowest BCUT2D eigenvalue weighted by Gasteiger charge is -2.24. The van der Waals surface area contributed by atoms with Gasteiger partial charge in [0.05, 0.1) is 17.6 Å². The van der Waals surface area contributed by atoms with E-state index in [-0.39, 0.29) is 12.1 Å². The van der Waals surface area contributed by atoms with Gasteiger partial charge in [0.1, 0.15) is 12.1 Å². The number of rotatable bonds is 3. The van der Waals surface area contributed by atoms with Gasteiger partial charge in [-0.3, -0.25) is 0 Å². The van der Waals surface area contributed by atoms with Crippen LogP contribution in [0.1, 0.15) is 24.7 Å². The van der Waals surface area contributed by atoms with E-state index in [1.54, 1.807) is 24.4 Å². The number of halogens is 1. The molecular weight excluding hydrogens is 362 g/mol. The predicted octanol–water partition coefficient (Wildman–Crippen LogP) is 2.96. The summed E-state index contributed by atoms with van der Waals surface area (Å²) in [4.78, 5) is 14.4. The van der Waals surface area contributed by atoms with Gasteiger partial charge in [-0.25, -0.2) is 4.79 Å². The predicted molar refractivity (Wildman–Crippen MR) is 89.4 cm³/mol. The standard InChI is InChI=1S/C15H18BrN5O2/c1-20-9-17-19-14(20)12-4-3-7-21(12)15(22)18-10-5-6-11(16)13(8-10)23-2/h5-6,8-9,12H,3-4,7H2,1-2H3,(H,18,22). The zero-order valence-electron chi connectivity index (χ0n) is 13.0. The lowest BCUT2D eigenvalue weighted by atomic mass is 10.2. The number of carbonyl (C=O) groups is 1. The van der Waals surface area contributed by atoms with Crippen LogP contribution in [-0.4, -0.2) is 39.4 Å². The molecule has 2 amide bonds. The zero-order chi connectivity index (χ0) is 16.4. The van der Waals surface area contributed by atoms with Gasteiger partial charge in [-0.2, -0.15) is 0 Å². The smallest absolute Gasteiger partial charge is 0.322 e. The second-order valence-corrected chi connectivity index (χ2v) is 6.29. The van der Waals surface area contributed by atoms with E-state index in [9.17, 15) is 4.79 Å². The minimum Gasteiger partial charge on any atom is -0.495 e. The van der Waals surface area contributed by atoms with Crippen molar-refractivity contribution in [3.8, 4) is 5.75 Å². The first kappa shape index (κ1) is 15.8. The van der Waals surface area contributed by atoms with Crippen molar-refractivity contribution in [3.63, 3.8) is 0 Å². The van der Waals surface area contributed by atoms with Crippen LogP contribution >= 0.6 is 15.9 Å². The fraction of sp³-hybridized carbons (Fsp3) is 0.400. The van der Waals surface area contributed by atoms with Crippen LogP contribution in [0.3, 0.4) is 0 Å². The number of anilines is 1. The molecule has 1 atom stereocenters. The van der Waals surface area contributed by atoms with Gasteiger partial charge >= 0.3 is 6.03 Å². The van der Waals surface area contributed by atoms with Crippen LogP contribution in [0.2, 0.25) is 0 Å². The Kier molecular flexibility index (Phi) is 4.51. The zero-order valence-corrected chi connectivity index (χ0v) is 14.6. The Morgan fingerprint density at radius 3 is 3.00 bits per heavy atom. The molecule has 2 heterocycles. The van der Waals surface area contributed by atoms with Crippen molar-refractivity contribution in [1.82, 2.24) is 19.7 Å². The maximum atomic E-state index is 12.6. The van der Waals surface area contributed by atoms with Crippen molar-refractivity contribution in [3.05, 3.63) is 34.8 Å². The Bertz CT molecular complexity index is 718. The number of carbonyl (C=O) groups excluding carboxylic acids is 1. The van der Waals surface area contributed by atoms with Gasteiger partial charge in [0, 0.05) is 25.3 Å². The Morgan fingerprint density at radius 2 is 2.30 bits per heavy atom. The van der Waals surface area contributed by atoms with Crippen molar-refractivity contribution < 1.29 is 9.53 Å². The van der Waals surface area contributed by atoms with E-state index in [2.05, 4.69) is 31.4 Å². The number of aryl methyl sites for hydroxylation is 1. The fourth-order valence-electron chi connectivity index (χ4n) is 2.80. The molecule has 1 aliphatic heterocycles. The second kappa shape index (κ2) is 6.57. The van der Waals surface area contributed by atoms with Crippen LogP contribution < -0.4 is 10.1 Å². The van der Waals surface area contributed by atoms with E-state index in [1.807, 2.05) is 23.7 Å². The number of likely N-dealkylation sites (tertiary alicyclic amines) is 1. The average Bonchev–Trinajstić information content (AvgIpc) is 3.17. The number of methoxy groups -OCH3 is 1. The highest BCUT2D eigenvalue weighted by Gasteiger charge is 2.33. The Hall–Kier alpha value is -2.09. The van der Waals surface area contributed by atoms with E-state index in [4.69, 9.17) is 4.74 Å². The number of hydrogen-bond acceptors (Lipinski definition) is 4. The first-order valence-electron chi connectivity index (χ1n) is 7.35. The highest BCUT2D eigenvalue weighted by Crippen LogP contribution is 2.32. The van der Waals surface area contributed by atoms with Gasteiger partial charge in [0.2, 0.25) is 0 Å². The summed E-state index contributed by atoms with van der Waals surface area (Å²) in [5.41, 5.74) is 0.693. The summed E-state index contributed by atoms with van der Waals surface area (Å²) < 4.78 is 7.96. The molecule has 23 heavy (non-hydrogen) atoms. The van der Waals surface area contributed by atoms with Gasteiger partial charge in [0.15, 0.2) is 5.82 Å². The van der Waals surface area contributed by atoms with Gasteiger partial charge in [-0.1, -0.05) is 0 Å². The second-order valence-electron chi connectivity index (χ2n) is 5.43. The normalized spacial score (nSPS) is 17.3. The number of nitrogens with zero attached hydrogens (tertiary/aromatic N) is 4. The summed E-state index contributed by atoms with van der Waals surface area (Å²) in [6.07, 6.45) is 3.50. The van der Waals surface area contributed by atoms with E-state index >= 15 is 0 Å². The fourth-order valence-corrected chi connectivity index (χ4v) is 3.21. The van der Waals surface area contributed by atoms with Crippen LogP contribution in [0.4, 0.5) is 10.5 Å². The van der Waals surface area contributed by atoms with Crippen molar-refractivity contribution in [2.24, 2.45) is 7.05 Å². The molecule has 7 nitrogen and oxygen atoms in total. The summed E-state index contributed by atoms with van der Waals surface area (Å²) in [5, 5.41) is 11.0. The molecule has 1 fully saturated rings. The summed E-state index contributed by atoms with van der Waals surface area (Å²) in [6, 6.07) is 5.28. The highest BCUT2D eigenvalue weighted by atomic mass is 79.9.